The maximum Gasteiger partial charge on any atom is 0.342 e. The van der Waals surface area contributed by atoms with Crippen molar-refractivity contribution in [3.8, 4) is 0 Å². The molecule has 1 fully saturated rings. The summed E-state index contributed by atoms with van der Waals surface area (Å²) in [4.78, 5) is 18.8. The number of carbonyl (C=O) groups is 1. The number of hydrogen-bond donors (Lipinski definition) is 2. The predicted molar refractivity (Wildman–Crippen MR) is 99.0 cm³/mol. The van der Waals surface area contributed by atoms with Crippen LogP contribution in [0, 0.1) is 0 Å². The number of nitrogens with two attached hydrogens (primary N) is 1. The van der Waals surface area contributed by atoms with Gasteiger partial charge in [-0.1, -0.05) is 0 Å². The zero-order chi connectivity index (χ0) is 19.5. The van der Waals surface area contributed by atoms with Crippen LogP contribution in [0.2, 0.25) is 0 Å². The van der Waals surface area contributed by atoms with E-state index >= 15 is 0 Å². The smallest absolute Gasteiger partial charge is 0.342 e. The van der Waals surface area contributed by atoms with Gasteiger partial charge in [-0.15, -0.1) is 0 Å². The number of hydrogen-bond acceptors (Lipinski definition) is 8. The minimum absolute atomic E-state index is 0.0745. The highest BCUT2D eigenvalue weighted by Crippen LogP contribution is 2.50. The molecule has 10 nitrogen and oxygen atoms in total. The van der Waals surface area contributed by atoms with Gasteiger partial charge in [-0.05, 0) is 32.8 Å². The van der Waals surface area contributed by atoms with E-state index in [1.165, 1.54) is 10.8 Å². The quantitative estimate of drug-likeness (QED) is 0.350. The zero-order valence-corrected chi connectivity index (χ0v) is 16.2. The molecule has 0 radical (unpaired) electrons. The van der Waals surface area contributed by atoms with Crippen LogP contribution >= 0.6 is 7.52 Å². The number of anilines is 1. The molecule has 2 heterocycles. The van der Waals surface area contributed by atoms with Crippen LogP contribution in [0.5, 0.6) is 0 Å². The molecule has 0 saturated heterocycles. The summed E-state index contributed by atoms with van der Waals surface area (Å²) in [6, 6.07) is 0. The van der Waals surface area contributed by atoms with Gasteiger partial charge >= 0.3 is 7.52 Å². The molecule has 2 aromatic heterocycles. The summed E-state index contributed by atoms with van der Waals surface area (Å²) in [5.41, 5.74) is 6.85. The Bertz CT molecular complexity index is 907. The molecule has 0 spiro atoms. The molecule has 0 amide bonds. The van der Waals surface area contributed by atoms with Gasteiger partial charge in [0.25, 0.3) is 0 Å². The number of rotatable bonds is 10. The van der Waals surface area contributed by atoms with Crippen LogP contribution in [0.4, 0.5) is 5.95 Å². The lowest BCUT2D eigenvalue weighted by Crippen LogP contribution is -2.24. The van der Waals surface area contributed by atoms with Gasteiger partial charge in [0.1, 0.15) is 19.0 Å². The summed E-state index contributed by atoms with van der Waals surface area (Å²) in [6.07, 6.45) is 7.48. The van der Waals surface area contributed by atoms with Crippen LogP contribution < -0.4 is 10.8 Å². The number of carbonyl (C=O) groups excluding carboxylic acids is 1. The van der Waals surface area contributed by atoms with E-state index in [9.17, 15) is 9.36 Å². The molecule has 27 heavy (non-hydrogen) atoms. The van der Waals surface area contributed by atoms with Gasteiger partial charge in [0.05, 0.1) is 24.1 Å². The van der Waals surface area contributed by atoms with Gasteiger partial charge in [0.2, 0.25) is 5.95 Å². The summed E-state index contributed by atoms with van der Waals surface area (Å²) in [5, 5.41) is 6.86. The minimum Gasteiger partial charge on any atom is -0.436 e. The van der Waals surface area contributed by atoms with Gasteiger partial charge in [-0.3, -0.25) is 4.57 Å². The molecule has 0 aliphatic heterocycles. The van der Waals surface area contributed by atoms with Gasteiger partial charge in [0, 0.05) is 12.0 Å². The molecule has 1 unspecified atom stereocenters. The van der Waals surface area contributed by atoms with Crippen molar-refractivity contribution in [3.63, 3.8) is 0 Å². The van der Waals surface area contributed by atoms with Crippen LogP contribution in [0.1, 0.15) is 32.3 Å². The standard InChI is InChI=1S/C16H23N6O4P/c1-3-12(2)26-27(24,21-6-7-23)11-25-16(4-5-16)8-13-9-20-22-14(13)18-10-19-15(22)17/h3,7,9-10H,4-6,8,11H2,1-2H3,(H,21,24)(H2,17,18,19)/b12-3+. The fraction of sp³-hybridized carbons (Fsp3) is 0.500. The Morgan fingerprint density at radius 1 is 1.48 bits per heavy atom. The van der Waals surface area contributed by atoms with Crippen molar-refractivity contribution in [3.05, 3.63) is 29.9 Å². The third-order valence-corrected chi connectivity index (χ3v) is 6.09. The minimum atomic E-state index is -3.35. The maximum absolute atomic E-state index is 13.0. The number of fused-ring (bicyclic) bond motifs is 1. The van der Waals surface area contributed by atoms with Crippen molar-refractivity contribution in [2.24, 2.45) is 0 Å². The lowest BCUT2D eigenvalue weighted by atomic mass is 10.1. The van der Waals surface area contributed by atoms with Crippen LogP contribution in [0.3, 0.4) is 0 Å². The monoisotopic (exact) mass is 394 g/mol. The van der Waals surface area contributed by atoms with Crippen LogP contribution in [-0.2, 0) is 25.0 Å². The number of nitrogens with zero attached hydrogens (tertiary/aromatic N) is 4. The Kier molecular flexibility index (Phi) is 5.59. The van der Waals surface area contributed by atoms with Gasteiger partial charge in [0.15, 0.2) is 5.65 Å². The van der Waals surface area contributed by atoms with Crippen molar-refractivity contribution in [2.45, 2.75) is 38.7 Å². The number of aromatic nitrogens is 4. The highest BCUT2D eigenvalue weighted by molar-refractivity contribution is 7.56. The fourth-order valence-electron chi connectivity index (χ4n) is 2.65. The lowest BCUT2D eigenvalue weighted by Gasteiger charge is -2.23. The Labute approximate surface area is 156 Å². The second kappa shape index (κ2) is 7.75. The first kappa shape index (κ1) is 19.5. The topological polar surface area (TPSA) is 134 Å². The highest BCUT2D eigenvalue weighted by atomic mass is 31.2. The highest BCUT2D eigenvalue weighted by Gasteiger charge is 2.46. The predicted octanol–water partition coefficient (Wildman–Crippen LogP) is 1.68. The maximum atomic E-state index is 13.0. The van der Waals surface area contributed by atoms with Crippen LogP contribution in [0.25, 0.3) is 5.65 Å². The molecule has 146 valence electrons. The third kappa shape index (κ3) is 4.52. The van der Waals surface area contributed by atoms with Crippen molar-refractivity contribution < 1.29 is 18.6 Å². The summed E-state index contributed by atoms with van der Waals surface area (Å²) in [5.74, 6) is 0.759. The van der Waals surface area contributed by atoms with Crippen LogP contribution in [0.15, 0.2) is 24.4 Å². The normalized spacial score (nSPS) is 18.2. The van der Waals surface area contributed by atoms with E-state index < -0.39 is 13.1 Å². The largest absolute Gasteiger partial charge is 0.436 e. The molecule has 1 atom stereocenters. The number of aldehydes is 1. The van der Waals surface area contributed by atoms with Crippen molar-refractivity contribution in [1.82, 2.24) is 24.7 Å². The summed E-state index contributed by atoms with van der Waals surface area (Å²) in [7, 11) is -3.35. The van der Waals surface area contributed by atoms with E-state index in [0.29, 0.717) is 24.1 Å². The summed E-state index contributed by atoms with van der Waals surface area (Å²) in [6.45, 7) is 3.40. The molecule has 3 N–H and O–H groups in total. The SMILES string of the molecule is C/C=C(\C)OP(=O)(COC1(Cc2cnn3c(N)ncnc23)CC1)NCC=O. The molecular formula is C16H23N6O4P. The molecule has 1 aliphatic rings. The van der Waals surface area contributed by atoms with E-state index in [4.69, 9.17) is 15.0 Å². The Morgan fingerprint density at radius 3 is 2.93 bits per heavy atom. The Morgan fingerprint density at radius 2 is 2.26 bits per heavy atom. The van der Waals surface area contributed by atoms with E-state index in [1.807, 2.05) is 0 Å². The molecule has 11 heteroatoms. The molecular weight excluding hydrogens is 371 g/mol. The van der Waals surface area contributed by atoms with Crippen molar-refractivity contribution in [1.29, 1.82) is 0 Å². The molecule has 1 saturated carbocycles. The zero-order valence-electron chi connectivity index (χ0n) is 15.3. The second-order valence-electron chi connectivity index (χ2n) is 6.46. The first-order valence-electron chi connectivity index (χ1n) is 8.58. The van der Waals surface area contributed by atoms with Crippen LogP contribution in [-0.4, -0.2) is 44.4 Å². The number of allylic oxidation sites excluding steroid dienone is 2. The first-order chi connectivity index (χ1) is 12.9. The van der Waals surface area contributed by atoms with E-state index in [0.717, 1.165) is 18.4 Å². The second-order valence-corrected chi connectivity index (χ2v) is 8.57. The number of nitrogen functional groups attached to an aromatic ring is 1. The Hall–Kier alpha value is -2.29. The number of nitrogens with one attached hydrogen (secondary N) is 1. The average molecular weight is 394 g/mol. The molecule has 0 bridgehead atoms. The van der Waals surface area contributed by atoms with Gasteiger partial charge in [-0.25, -0.2) is 15.1 Å². The molecule has 3 rings (SSSR count). The van der Waals surface area contributed by atoms with Crippen molar-refractivity contribution in [2.75, 3.05) is 18.6 Å². The molecule has 1 aliphatic carbocycles. The lowest BCUT2D eigenvalue weighted by molar-refractivity contribution is -0.106. The van der Waals surface area contributed by atoms with E-state index in [2.05, 4.69) is 20.2 Å². The third-order valence-electron chi connectivity index (χ3n) is 4.38. The Balaban J connectivity index is 1.71. The van der Waals surface area contributed by atoms with Gasteiger partial charge < -0.3 is 19.8 Å². The number of ether oxygens (including phenoxy) is 1. The van der Waals surface area contributed by atoms with Gasteiger partial charge in [-0.2, -0.15) is 9.61 Å². The van der Waals surface area contributed by atoms with Crippen molar-refractivity contribution >= 4 is 25.4 Å². The molecule has 2 aromatic rings. The van der Waals surface area contributed by atoms with E-state index in [1.54, 1.807) is 26.1 Å². The summed E-state index contributed by atoms with van der Waals surface area (Å²) < 4.78 is 25.9. The average Bonchev–Trinajstić information content (AvgIpc) is 3.31. The molecule has 0 aromatic carbocycles. The fourth-order valence-corrected chi connectivity index (χ4v) is 4.23. The summed E-state index contributed by atoms with van der Waals surface area (Å²) >= 11 is 0. The van der Waals surface area contributed by atoms with E-state index in [-0.39, 0.29) is 18.8 Å². The first-order valence-corrected chi connectivity index (χ1v) is 10.4.